The van der Waals surface area contributed by atoms with Crippen LogP contribution in [0, 0.1) is 5.92 Å². The van der Waals surface area contributed by atoms with E-state index >= 15 is 0 Å². The van der Waals surface area contributed by atoms with Crippen molar-refractivity contribution in [3.63, 3.8) is 0 Å². The average molecular weight is 391 g/mol. The fraction of sp³-hybridized carbons (Fsp3) is 0.474. The third-order valence-electron chi connectivity index (χ3n) is 5.59. The molecule has 3 N–H and O–H groups in total. The van der Waals surface area contributed by atoms with Crippen LogP contribution in [0.15, 0.2) is 35.4 Å². The van der Waals surface area contributed by atoms with E-state index in [2.05, 4.69) is 9.71 Å². The maximum absolute atomic E-state index is 13.3. The van der Waals surface area contributed by atoms with Crippen molar-refractivity contribution in [2.75, 3.05) is 13.7 Å². The Balaban J connectivity index is 2.10. The van der Waals surface area contributed by atoms with Gasteiger partial charge in [0, 0.05) is 29.1 Å². The first-order valence-electron chi connectivity index (χ1n) is 9.05. The second-order valence-electron chi connectivity index (χ2n) is 7.12. The normalized spacial score (nSPS) is 23.3. The molecule has 0 saturated heterocycles. The molecule has 1 aliphatic rings. The first-order chi connectivity index (χ1) is 12.8. The van der Waals surface area contributed by atoms with Gasteiger partial charge in [-0.15, -0.1) is 0 Å². The number of rotatable bonds is 5. The summed E-state index contributed by atoms with van der Waals surface area (Å²) in [7, 11) is -2.58. The highest BCUT2D eigenvalue weighted by Gasteiger charge is 2.41. The molecule has 0 radical (unpaired) electrons. The van der Waals surface area contributed by atoms with Crippen LogP contribution in [-0.4, -0.2) is 38.6 Å². The Hall–Kier alpha value is -2.03. The molecule has 2 atom stereocenters. The first kappa shape index (κ1) is 19.7. The summed E-state index contributed by atoms with van der Waals surface area (Å²) in [5, 5.41) is 0.863. The minimum Gasteiger partial charge on any atom is -0.464 e. The molecule has 3 rings (SSSR count). The van der Waals surface area contributed by atoms with Gasteiger partial charge < -0.3 is 10.5 Å². The molecule has 1 aromatic carbocycles. The van der Waals surface area contributed by atoms with Crippen LogP contribution in [0.25, 0.3) is 10.8 Å². The van der Waals surface area contributed by atoms with Gasteiger partial charge in [0.25, 0.3) is 0 Å². The topological polar surface area (TPSA) is 111 Å². The van der Waals surface area contributed by atoms with Crippen LogP contribution in [0.1, 0.15) is 43.1 Å². The molecule has 1 aromatic heterocycles. The van der Waals surface area contributed by atoms with Crippen molar-refractivity contribution in [1.82, 2.24) is 9.71 Å². The highest BCUT2D eigenvalue weighted by Crippen LogP contribution is 2.35. The van der Waals surface area contributed by atoms with Gasteiger partial charge in [-0.3, -0.25) is 0 Å². The van der Waals surface area contributed by atoms with E-state index in [0.717, 1.165) is 19.3 Å². The predicted molar refractivity (Wildman–Crippen MR) is 103 cm³/mol. The number of nitrogens with zero attached hydrogens (tertiary/aromatic N) is 1. The molecule has 0 aliphatic heterocycles. The fourth-order valence-electron chi connectivity index (χ4n) is 3.90. The summed E-state index contributed by atoms with van der Waals surface area (Å²) in [5.41, 5.74) is 5.44. The second-order valence-corrected chi connectivity index (χ2v) is 8.77. The largest absolute Gasteiger partial charge is 0.464 e. The summed E-state index contributed by atoms with van der Waals surface area (Å²) in [6, 6.07) is 6.39. The summed E-state index contributed by atoms with van der Waals surface area (Å²) < 4.78 is 34.2. The number of carbonyl (C=O) groups excluding carboxylic acids is 1. The van der Waals surface area contributed by atoms with Crippen molar-refractivity contribution >= 4 is 26.8 Å². The van der Waals surface area contributed by atoms with Gasteiger partial charge in [-0.2, -0.15) is 0 Å². The number of nitrogens with two attached hydrogens (primary N) is 1. The number of sulfonamides is 1. The van der Waals surface area contributed by atoms with E-state index in [1.54, 1.807) is 18.2 Å². The number of pyridine rings is 1. The van der Waals surface area contributed by atoms with E-state index < -0.39 is 21.5 Å². The van der Waals surface area contributed by atoms with Gasteiger partial charge in [0.15, 0.2) is 5.69 Å². The van der Waals surface area contributed by atoms with Crippen molar-refractivity contribution in [3.05, 3.63) is 36.2 Å². The first-order valence-corrected chi connectivity index (χ1v) is 10.5. The summed E-state index contributed by atoms with van der Waals surface area (Å²) in [4.78, 5) is 16.1. The zero-order valence-electron chi connectivity index (χ0n) is 15.6. The fourth-order valence-corrected chi connectivity index (χ4v) is 5.66. The molecule has 2 aromatic rings. The Kier molecular flexibility index (Phi) is 5.50. The summed E-state index contributed by atoms with van der Waals surface area (Å²) in [5.74, 6) is -0.462. The molecule has 1 saturated carbocycles. The molecule has 1 fully saturated rings. The molecule has 1 aliphatic carbocycles. The minimum absolute atomic E-state index is 0.0895. The SMILES string of the molecule is COC(=O)c1nccc2c(S(=O)(=O)NC3(CN)CCCCC3C)cccc12. The van der Waals surface area contributed by atoms with E-state index in [9.17, 15) is 13.2 Å². The maximum Gasteiger partial charge on any atom is 0.357 e. The molecule has 27 heavy (non-hydrogen) atoms. The summed E-state index contributed by atoms with van der Waals surface area (Å²) in [6.07, 6.45) is 5.08. The molecule has 2 unspecified atom stereocenters. The van der Waals surface area contributed by atoms with Crippen LogP contribution < -0.4 is 10.5 Å². The number of aromatic nitrogens is 1. The van der Waals surface area contributed by atoms with Crippen LogP contribution in [0.2, 0.25) is 0 Å². The van der Waals surface area contributed by atoms with E-state index in [-0.39, 0.29) is 23.1 Å². The number of benzene rings is 1. The lowest BCUT2D eigenvalue weighted by molar-refractivity contribution is 0.0596. The lowest BCUT2D eigenvalue weighted by atomic mass is 9.74. The Labute approximate surface area is 159 Å². The van der Waals surface area contributed by atoms with Gasteiger partial charge >= 0.3 is 5.97 Å². The van der Waals surface area contributed by atoms with Crippen molar-refractivity contribution < 1.29 is 17.9 Å². The van der Waals surface area contributed by atoms with Gasteiger partial charge in [0.05, 0.1) is 12.0 Å². The van der Waals surface area contributed by atoms with Crippen molar-refractivity contribution in [2.45, 2.75) is 43.0 Å². The molecule has 0 spiro atoms. The molecule has 146 valence electrons. The number of carbonyl (C=O) groups is 1. The van der Waals surface area contributed by atoms with E-state index in [4.69, 9.17) is 10.5 Å². The Morgan fingerprint density at radius 3 is 2.78 bits per heavy atom. The highest BCUT2D eigenvalue weighted by atomic mass is 32.2. The molecule has 1 heterocycles. The number of ether oxygens (including phenoxy) is 1. The Bertz CT molecular complexity index is 961. The van der Waals surface area contributed by atoms with Crippen LogP contribution in [0.5, 0.6) is 0 Å². The van der Waals surface area contributed by atoms with Crippen LogP contribution in [0.4, 0.5) is 0 Å². The van der Waals surface area contributed by atoms with E-state index in [1.807, 2.05) is 6.92 Å². The van der Waals surface area contributed by atoms with Crippen molar-refractivity contribution in [2.24, 2.45) is 11.7 Å². The molecular formula is C19H25N3O4S. The van der Waals surface area contributed by atoms with Gasteiger partial charge in [-0.05, 0) is 30.9 Å². The third-order valence-corrected chi connectivity index (χ3v) is 7.20. The van der Waals surface area contributed by atoms with E-state index in [0.29, 0.717) is 17.2 Å². The molecule has 0 bridgehead atoms. The Morgan fingerprint density at radius 2 is 2.11 bits per heavy atom. The highest BCUT2D eigenvalue weighted by molar-refractivity contribution is 7.89. The number of hydrogen-bond donors (Lipinski definition) is 2. The van der Waals surface area contributed by atoms with E-state index in [1.165, 1.54) is 19.4 Å². The van der Waals surface area contributed by atoms with Gasteiger partial charge in [0.1, 0.15) is 0 Å². The smallest absolute Gasteiger partial charge is 0.357 e. The second kappa shape index (κ2) is 7.53. The van der Waals surface area contributed by atoms with Gasteiger partial charge in [0.2, 0.25) is 10.0 Å². The average Bonchev–Trinajstić information content (AvgIpc) is 2.68. The van der Waals surface area contributed by atoms with Crippen LogP contribution in [-0.2, 0) is 14.8 Å². The number of fused-ring (bicyclic) bond motifs is 1. The summed E-state index contributed by atoms with van der Waals surface area (Å²) >= 11 is 0. The van der Waals surface area contributed by atoms with Crippen LogP contribution in [0.3, 0.4) is 0 Å². The van der Waals surface area contributed by atoms with Crippen LogP contribution >= 0.6 is 0 Å². The minimum atomic E-state index is -3.85. The number of nitrogens with one attached hydrogen (secondary N) is 1. The van der Waals surface area contributed by atoms with Gasteiger partial charge in [-0.1, -0.05) is 31.9 Å². The quantitative estimate of drug-likeness (QED) is 0.756. The number of hydrogen-bond acceptors (Lipinski definition) is 6. The standard InChI is InChI=1S/C19H25N3O4S/c1-13-6-3-4-10-19(13,12-20)22-27(24,25)16-8-5-7-15-14(16)9-11-21-17(15)18(23)26-2/h5,7-9,11,13,22H,3-4,6,10,12,20H2,1-2H3. The third kappa shape index (κ3) is 3.56. The maximum atomic E-state index is 13.3. The lowest BCUT2D eigenvalue weighted by Gasteiger charge is -2.42. The zero-order chi connectivity index (χ0) is 19.7. The predicted octanol–water partition coefficient (Wildman–Crippen LogP) is 2.21. The molecule has 7 nitrogen and oxygen atoms in total. The Morgan fingerprint density at radius 1 is 1.33 bits per heavy atom. The molecule has 0 amide bonds. The lowest BCUT2D eigenvalue weighted by Crippen LogP contribution is -2.58. The zero-order valence-corrected chi connectivity index (χ0v) is 16.4. The van der Waals surface area contributed by atoms with Crippen molar-refractivity contribution in [1.29, 1.82) is 0 Å². The summed E-state index contributed by atoms with van der Waals surface area (Å²) in [6.45, 7) is 2.28. The molecular weight excluding hydrogens is 366 g/mol. The van der Waals surface area contributed by atoms with Crippen molar-refractivity contribution in [3.8, 4) is 0 Å². The number of methoxy groups -OCH3 is 1. The molecule has 8 heteroatoms. The monoisotopic (exact) mass is 391 g/mol. The number of esters is 1. The van der Waals surface area contributed by atoms with Gasteiger partial charge in [-0.25, -0.2) is 22.9 Å².